The number of ether oxygens (including phenoxy) is 1. The predicted molar refractivity (Wildman–Crippen MR) is 81.2 cm³/mol. The Labute approximate surface area is 123 Å². The van der Waals surface area contributed by atoms with Crippen LogP contribution in [0.25, 0.3) is 0 Å². The zero-order chi connectivity index (χ0) is 15.5. The molecule has 0 unspecified atom stereocenters. The summed E-state index contributed by atoms with van der Waals surface area (Å²) in [6.07, 6.45) is 6.38. The SMILES string of the molecule is COC(=O)c1ccccc1Cn1cc(N=S(C)(C)=O)cn1. The molecule has 0 amide bonds. The van der Waals surface area contributed by atoms with Crippen LogP contribution in [0.5, 0.6) is 0 Å². The summed E-state index contributed by atoms with van der Waals surface area (Å²) in [5.41, 5.74) is 1.86. The Morgan fingerprint density at radius 3 is 2.76 bits per heavy atom. The van der Waals surface area contributed by atoms with E-state index in [9.17, 15) is 9.00 Å². The molecule has 0 saturated carbocycles. The van der Waals surface area contributed by atoms with Gasteiger partial charge < -0.3 is 4.74 Å². The molecule has 21 heavy (non-hydrogen) atoms. The average Bonchev–Trinajstić information content (AvgIpc) is 2.83. The van der Waals surface area contributed by atoms with Gasteiger partial charge in [0, 0.05) is 22.2 Å². The van der Waals surface area contributed by atoms with Crippen LogP contribution in [-0.2, 0) is 21.0 Å². The number of hydrogen-bond acceptors (Lipinski definition) is 5. The number of benzene rings is 1. The molecule has 0 fully saturated rings. The second kappa shape index (κ2) is 6.09. The van der Waals surface area contributed by atoms with Crippen molar-refractivity contribution in [2.45, 2.75) is 6.54 Å². The molecule has 1 aromatic carbocycles. The molecule has 0 aliphatic heterocycles. The molecule has 0 spiro atoms. The van der Waals surface area contributed by atoms with E-state index in [2.05, 4.69) is 9.46 Å². The predicted octanol–water partition coefficient (Wildman–Crippen LogP) is 2.08. The third-order valence-electron chi connectivity index (χ3n) is 2.70. The van der Waals surface area contributed by atoms with Gasteiger partial charge in [0.05, 0.1) is 31.6 Å². The molecule has 0 N–H and O–H groups in total. The van der Waals surface area contributed by atoms with E-state index in [1.807, 2.05) is 12.1 Å². The van der Waals surface area contributed by atoms with Crippen LogP contribution in [0.15, 0.2) is 41.0 Å². The second-order valence-corrected chi connectivity index (χ2v) is 7.36. The van der Waals surface area contributed by atoms with Crippen molar-refractivity contribution in [2.24, 2.45) is 4.36 Å². The van der Waals surface area contributed by atoms with Crippen LogP contribution in [-0.4, -0.2) is 39.6 Å². The normalized spacial score (nSPS) is 11.2. The Morgan fingerprint density at radius 1 is 1.38 bits per heavy atom. The number of carbonyl (C=O) groups excluding carboxylic acids is 1. The molecule has 2 rings (SSSR count). The van der Waals surface area contributed by atoms with Crippen LogP contribution < -0.4 is 0 Å². The minimum atomic E-state index is -2.21. The highest BCUT2D eigenvalue weighted by atomic mass is 32.2. The molecule has 0 bridgehead atoms. The molecule has 2 aromatic rings. The van der Waals surface area contributed by atoms with Crippen LogP contribution >= 0.6 is 0 Å². The maximum absolute atomic E-state index is 11.7. The van der Waals surface area contributed by atoms with Gasteiger partial charge in [-0.25, -0.2) is 9.00 Å². The number of methoxy groups -OCH3 is 1. The van der Waals surface area contributed by atoms with Gasteiger partial charge in [-0.05, 0) is 11.6 Å². The van der Waals surface area contributed by atoms with Crippen molar-refractivity contribution in [2.75, 3.05) is 19.6 Å². The van der Waals surface area contributed by atoms with Crippen LogP contribution in [0.1, 0.15) is 15.9 Å². The minimum Gasteiger partial charge on any atom is -0.465 e. The van der Waals surface area contributed by atoms with Crippen LogP contribution in [0, 0.1) is 0 Å². The molecule has 112 valence electrons. The zero-order valence-corrected chi connectivity index (χ0v) is 13.0. The van der Waals surface area contributed by atoms with Crippen LogP contribution in [0.4, 0.5) is 5.69 Å². The summed E-state index contributed by atoms with van der Waals surface area (Å²) in [5, 5.41) is 4.17. The molecule has 0 aliphatic carbocycles. The van der Waals surface area contributed by atoms with Gasteiger partial charge in [0.1, 0.15) is 5.69 Å². The van der Waals surface area contributed by atoms with Gasteiger partial charge in [-0.3, -0.25) is 4.68 Å². The quantitative estimate of drug-likeness (QED) is 0.811. The number of esters is 1. The summed E-state index contributed by atoms with van der Waals surface area (Å²) in [6, 6.07) is 7.18. The van der Waals surface area contributed by atoms with Crippen LogP contribution in [0.2, 0.25) is 0 Å². The Hall–Kier alpha value is -2.15. The summed E-state index contributed by atoms with van der Waals surface area (Å²) in [6.45, 7) is 0.412. The number of carbonyl (C=O) groups is 1. The van der Waals surface area contributed by atoms with Crippen molar-refractivity contribution in [1.82, 2.24) is 9.78 Å². The molecule has 1 heterocycles. The van der Waals surface area contributed by atoms with Crippen molar-refractivity contribution in [1.29, 1.82) is 0 Å². The summed E-state index contributed by atoms with van der Waals surface area (Å²) < 4.78 is 22.1. The smallest absolute Gasteiger partial charge is 0.338 e. The fourth-order valence-corrected chi connectivity index (χ4v) is 2.48. The first-order valence-corrected chi connectivity index (χ1v) is 8.58. The largest absolute Gasteiger partial charge is 0.465 e. The van der Waals surface area contributed by atoms with E-state index in [0.717, 1.165) is 5.56 Å². The molecule has 7 heteroatoms. The van der Waals surface area contributed by atoms with E-state index in [4.69, 9.17) is 4.74 Å². The fraction of sp³-hybridized carbons (Fsp3) is 0.286. The van der Waals surface area contributed by atoms with Gasteiger partial charge in [0.25, 0.3) is 0 Å². The van der Waals surface area contributed by atoms with E-state index in [1.54, 1.807) is 41.7 Å². The molecule has 0 aliphatic rings. The Kier molecular flexibility index (Phi) is 4.42. The Bertz CT molecular complexity index is 765. The standard InChI is InChI=1S/C14H17N3O3S/c1-20-14(18)13-7-5-4-6-11(13)9-17-10-12(8-15-17)16-21(2,3)19/h4-8,10H,9H2,1-3H3. The highest BCUT2D eigenvalue weighted by Gasteiger charge is 2.11. The highest BCUT2D eigenvalue weighted by molar-refractivity contribution is 7.92. The summed E-state index contributed by atoms with van der Waals surface area (Å²) >= 11 is 0. The van der Waals surface area contributed by atoms with Gasteiger partial charge >= 0.3 is 5.97 Å². The van der Waals surface area contributed by atoms with Crippen molar-refractivity contribution >= 4 is 21.4 Å². The van der Waals surface area contributed by atoms with Crippen molar-refractivity contribution in [3.05, 3.63) is 47.8 Å². The highest BCUT2D eigenvalue weighted by Crippen LogP contribution is 2.15. The third kappa shape index (κ3) is 4.16. The van der Waals surface area contributed by atoms with Crippen molar-refractivity contribution in [3.8, 4) is 0 Å². The second-order valence-electron chi connectivity index (χ2n) is 4.82. The average molecular weight is 307 g/mol. The van der Waals surface area contributed by atoms with Gasteiger partial charge in [0.15, 0.2) is 0 Å². The molecule has 0 saturated heterocycles. The minimum absolute atomic E-state index is 0.382. The molecule has 1 aromatic heterocycles. The van der Waals surface area contributed by atoms with E-state index in [-0.39, 0.29) is 5.97 Å². The van der Waals surface area contributed by atoms with E-state index < -0.39 is 9.73 Å². The number of hydrogen-bond donors (Lipinski definition) is 0. The Balaban J connectivity index is 2.28. The topological polar surface area (TPSA) is 73.6 Å². The lowest BCUT2D eigenvalue weighted by molar-refractivity contribution is 0.0599. The summed E-state index contributed by atoms with van der Waals surface area (Å²) in [4.78, 5) is 11.7. The first-order valence-electron chi connectivity index (χ1n) is 6.25. The number of rotatable bonds is 4. The van der Waals surface area contributed by atoms with Gasteiger partial charge in [-0.15, -0.1) is 0 Å². The first kappa shape index (κ1) is 15.2. The van der Waals surface area contributed by atoms with E-state index in [1.165, 1.54) is 7.11 Å². The summed E-state index contributed by atoms with van der Waals surface area (Å²) in [7, 11) is -0.864. The summed E-state index contributed by atoms with van der Waals surface area (Å²) in [5.74, 6) is -0.382. The number of nitrogens with zero attached hydrogens (tertiary/aromatic N) is 3. The number of aromatic nitrogens is 2. The molecule has 6 nitrogen and oxygen atoms in total. The van der Waals surface area contributed by atoms with E-state index in [0.29, 0.717) is 17.8 Å². The van der Waals surface area contributed by atoms with Crippen LogP contribution in [0.3, 0.4) is 0 Å². The maximum Gasteiger partial charge on any atom is 0.338 e. The third-order valence-corrected chi connectivity index (χ3v) is 3.35. The van der Waals surface area contributed by atoms with Gasteiger partial charge in [-0.1, -0.05) is 18.2 Å². The lowest BCUT2D eigenvalue weighted by Gasteiger charge is -2.07. The maximum atomic E-state index is 11.7. The molecule has 0 radical (unpaired) electrons. The van der Waals surface area contributed by atoms with Gasteiger partial charge in [-0.2, -0.15) is 9.46 Å². The Morgan fingerprint density at radius 2 is 2.10 bits per heavy atom. The van der Waals surface area contributed by atoms with Crippen molar-refractivity contribution < 1.29 is 13.7 Å². The molecular formula is C14H17N3O3S. The fourth-order valence-electron chi connectivity index (χ4n) is 1.88. The first-order chi connectivity index (χ1) is 9.89. The zero-order valence-electron chi connectivity index (χ0n) is 12.1. The van der Waals surface area contributed by atoms with E-state index >= 15 is 0 Å². The monoisotopic (exact) mass is 307 g/mol. The van der Waals surface area contributed by atoms with Gasteiger partial charge in [0.2, 0.25) is 0 Å². The lowest BCUT2D eigenvalue weighted by atomic mass is 10.1. The lowest BCUT2D eigenvalue weighted by Crippen LogP contribution is -2.09. The van der Waals surface area contributed by atoms with Crippen molar-refractivity contribution in [3.63, 3.8) is 0 Å². The molecule has 0 atom stereocenters. The molecular weight excluding hydrogens is 290 g/mol.